The van der Waals surface area contributed by atoms with E-state index in [-0.39, 0.29) is 11.6 Å². The van der Waals surface area contributed by atoms with Crippen LogP contribution in [-0.4, -0.2) is 45.6 Å². The van der Waals surface area contributed by atoms with E-state index >= 15 is 0 Å². The van der Waals surface area contributed by atoms with E-state index in [0.29, 0.717) is 19.9 Å². The molecule has 1 fully saturated rings. The number of hydrogen-bond donors (Lipinski definition) is 0. The molecule has 120 valence electrons. The smallest absolute Gasteiger partial charge is 0.306 e. The van der Waals surface area contributed by atoms with Gasteiger partial charge in [-0.2, -0.15) is 4.37 Å². The zero-order valence-electron chi connectivity index (χ0n) is 14.0. The molecule has 0 atom stereocenters. The topological polar surface area (TPSA) is 39.7 Å². The van der Waals surface area contributed by atoms with E-state index in [1.165, 1.54) is 11.5 Å². The molecule has 22 heavy (non-hydrogen) atoms. The zero-order chi connectivity index (χ0) is 16.5. The van der Waals surface area contributed by atoms with Crippen molar-refractivity contribution in [2.45, 2.75) is 46.6 Å². The molecule has 1 aromatic heterocycles. The minimum atomic E-state index is -0.255. The molecule has 0 unspecified atom stereocenters. The highest BCUT2D eigenvalue weighted by molar-refractivity contribution is 7.10. The number of anilines is 1. The minimum Gasteiger partial charge on any atom is -0.306 e. The molecule has 0 aliphatic carbocycles. The maximum absolute atomic E-state index is 12.9. The first-order chi connectivity index (χ1) is 10.3. The van der Waals surface area contributed by atoms with Gasteiger partial charge in [-0.1, -0.05) is 12.8 Å². The number of carbonyl (C=O) groups excluding carboxylic acids is 1. The van der Waals surface area contributed by atoms with E-state index in [2.05, 4.69) is 22.1 Å². The number of nitrogens with zero attached hydrogens (tertiary/aromatic N) is 4. The van der Waals surface area contributed by atoms with Crippen LogP contribution in [0.5, 0.6) is 0 Å². The van der Waals surface area contributed by atoms with Gasteiger partial charge in [-0.25, -0.2) is 4.79 Å². The Labute approximate surface area is 137 Å². The second-order valence-electron chi connectivity index (χ2n) is 6.54. The van der Waals surface area contributed by atoms with Gasteiger partial charge in [0.2, 0.25) is 0 Å². The summed E-state index contributed by atoms with van der Waals surface area (Å²) in [5.41, 5.74) is 1.90. The van der Waals surface area contributed by atoms with Gasteiger partial charge in [-0.3, -0.25) is 9.80 Å². The summed E-state index contributed by atoms with van der Waals surface area (Å²) in [6.45, 7) is 11.8. The van der Waals surface area contributed by atoms with Crippen molar-refractivity contribution in [3.05, 3.63) is 11.3 Å². The van der Waals surface area contributed by atoms with Crippen molar-refractivity contribution in [2.75, 3.05) is 24.8 Å². The summed E-state index contributed by atoms with van der Waals surface area (Å²) in [5.74, 6) is 2.68. The van der Waals surface area contributed by atoms with Crippen LogP contribution in [0.1, 0.15) is 39.0 Å². The lowest BCUT2D eigenvalue weighted by Gasteiger charge is -2.46. The summed E-state index contributed by atoms with van der Waals surface area (Å²) >= 11 is 1.39. The van der Waals surface area contributed by atoms with E-state index in [1.807, 2.05) is 32.6 Å². The predicted molar refractivity (Wildman–Crippen MR) is 91.0 cm³/mol. The van der Waals surface area contributed by atoms with Gasteiger partial charge in [-0.15, -0.1) is 6.42 Å². The molecular weight excluding hydrogens is 296 g/mol. The number of amides is 2. The number of aromatic nitrogens is 1. The van der Waals surface area contributed by atoms with Crippen LogP contribution in [0, 0.1) is 19.3 Å². The van der Waals surface area contributed by atoms with Gasteiger partial charge in [0.05, 0.1) is 25.6 Å². The largest absolute Gasteiger partial charge is 0.327 e. The fourth-order valence-corrected chi connectivity index (χ4v) is 3.48. The molecule has 1 saturated heterocycles. The third kappa shape index (κ3) is 3.11. The highest BCUT2D eigenvalue weighted by Gasteiger charge is 2.38. The fraction of sp³-hybridized carbons (Fsp3) is 0.625. The van der Waals surface area contributed by atoms with E-state index in [9.17, 15) is 4.79 Å². The van der Waals surface area contributed by atoms with Crippen molar-refractivity contribution < 1.29 is 4.79 Å². The lowest BCUT2D eigenvalue weighted by Crippen LogP contribution is -2.63. The summed E-state index contributed by atoms with van der Waals surface area (Å²) in [7, 11) is 0. The Hall–Kier alpha value is -1.58. The number of terminal acetylenes is 1. The number of hydrogen-bond acceptors (Lipinski definition) is 4. The zero-order valence-corrected chi connectivity index (χ0v) is 14.8. The molecule has 5 nitrogen and oxygen atoms in total. The summed E-state index contributed by atoms with van der Waals surface area (Å²) in [6.07, 6.45) is 6.34. The second kappa shape index (κ2) is 6.27. The molecule has 2 amide bonds. The first-order valence-corrected chi connectivity index (χ1v) is 8.27. The molecular formula is C16H24N4OS. The Balaban J connectivity index is 2.37. The van der Waals surface area contributed by atoms with Crippen LogP contribution in [0.3, 0.4) is 0 Å². The average molecular weight is 320 g/mol. The average Bonchev–Trinajstić information content (AvgIpc) is 2.80. The SMILES string of the molecule is C#CCN1CN(c2snc(CC)c2C)C(=O)N(C(C)(C)C)C1. The first-order valence-electron chi connectivity index (χ1n) is 7.49. The fourth-order valence-electron chi connectivity index (χ4n) is 2.53. The van der Waals surface area contributed by atoms with E-state index in [0.717, 1.165) is 22.7 Å². The number of urea groups is 1. The Morgan fingerprint density at radius 3 is 2.55 bits per heavy atom. The molecule has 2 heterocycles. The maximum Gasteiger partial charge on any atom is 0.327 e. The Kier molecular flexibility index (Phi) is 4.78. The highest BCUT2D eigenvalue weighted by atomic mass is 32.1. The van der Waals surface area contributed by atoms with Crippen molar-refractivity contribution >= 4 is 22.6 Å². The van der Waals surface area contributed by atoms with Crippen LogP contribution in [0.4, 0.5) is 9.80 Å². The van der Waals surface area contributed by atoms with Crippen LogP contribution < -0.4 is 4.90 Å². The molecule has 0 radical (unpaired) electrons. The third-order valence-corrected chi connectivity index (χ3v) is 4.86. The lowest BCUT2D eigenvalue weighted by atomic mass is 10.1. The van der Waals surface area contributed by atoms with Crippen molar-refractivity contribution in [2.24, 2.45) is 0 Å². The maximum atomic E-state index is 12.9. The molecule has 6 heteroatoms. The molecule has 1 aliphatic rings. The lowest BCUT2D eigenvalue weighted by molar-refractivity contribution is 0.0707. The Morgan fingerprint density at radius 1 is 1.36 bits per heavy atom. The molecule has 0 aromatic carbocycles. The Bertz CT molecular complexity index is 596. The molecule has 0 bridgehead atoms. The van der Waals surface area contributed by atoms with E-state index in [1.54, 1.807) is 4.90 Å². The quantitative estimate of drug-likeness (QED) is 0.804. The standard InChI is InChI=1S/C16H24N4OS/c1-7-9-18-10-19(14-12(3)13(8-2)17-22-14)15(21)20(11-18)16(4,5)6/h1H,8-11H2,2-6H3. The van der Waals surface area contributed by atoms with Crippen LogP contribution in [0.2, 0.25) is 0 Å². The van der Waals surface area contributed by atoms with Gasteiger partial charge in [0, 0.05) is 11.1 Å². The van der Waals surface area contributed by atoms with Gasteiger partial charge in [0.25, 0.3) is 0 Å². The van der Waals surface area contributed by atoms with E-state index < -0.39 is 0 Å². The third-order valence-electron chi connectivity index (χ3n) is 3.85. The first kappa shape index (κ1) is 16.8. The summed E-state index contributed by atoms with van der Waals surface area (Å²) < 4.78 is 4.47. The van der Waals surface area contributed by atoms with Crippen molar-refractivity contribution in [3.63, 3.8) is 0 Å². The van der Waals surface area contributed by atoms with Crippen LogP contribution in [-0.2, 0) is 6.42 Å². The van der Waals surface area contributed by atoms with Crippen molar-refractivity contribution in [3.8, 4) is 12.3 Å². The number of rotatable bonds is 3. The van der Waals surface area contributed by atoms with Gasteiger partial charge in [-0.05, 0) is 45.6 Å². The molecule has 0 saturated carbocycles. The van der Waals surface area contributed by atoms with Gasteiger partial charge in [0.1, 0.15) is 5.00 Å². The van der Waals surface area contributed by atoms with Crippen LogP contribution in [0.15, 0.2) is 0 Å². The minimum absolute atomic E-state index is 0.0233. The van der Waals surface area contributed by atoms with Crippen molar-refractivity contribution in [1.82, 2.24) is 14.2 Å². The molecule has 1 aromatic rings. The monoisotopic (exact) mass is 320 g/mol. The highest BCUT2D eigenvalue weighted by Crippen LogP contribution is 2.32. The van der Waals surface area contributed by atoms with Crippen LogP contribution in [0.25, 0.3) is 0 Å². The van der Waals surface area contributed by atoms with Gasteiger partial charge < -0.3 is 4.90 Å². The number of aryl methyl sites for hydroxylation is 1. The van der Waals surface area contributed by atoms with Crippen molar-refractivity contribution in [1.29, 1.82) is 0 Å². The predicted octanol–water partition coefficient (Wildman–Crippen LogP) is 2.90. The van der Waals surface area contributed by atoms with Crippen LogP contribution >= 0.6 is 11.5 Å². The van der Waals surface area contributed by atoms with Gasteiger partial charge >= 0.3 is 6.03 Å². The molecule has 2 rings (SSSR count). The molecule has 0 spiro atoms. The molecule has 1 aliphatic heterocycles. The van der Waals surface area contributed by atoms with Gasteiger partial charge in [0.15, 0.2) is 0 Å². The second-order valence-corrected chi connectivity index (χ2v) is 7.29. The molecule has 0 N–H and O–H groups in total. The normalized spacial score (nSPS) is 17.0. The summed E-state index contributed by atoms with van der Waals surface area (Å²) in [5, 5.41) is 0.929. The summed E-state index contributed by atoms with van der Waals surface area (Å²) in [6, 6.07) is 0.0233. The number of carbonyl (C=O) groups is 1. The summed E-state index contributed by atoms with van der Waals surface area (Å²) in [4.78, 5) is 18.7. The Morgan fingerprint density at radius 2 is 2.05 bits per heavy atom. The van der Waals surface area contributed by atoms with E-state index in [4.69, 9.17) is 6.42 Å².